The Morgan fingerprint density at radius 2 is 1.68 bits per heavy atom. The Morgan fingerprint density at radius 1 is 0.912 bits per heavy atom. The Morgan fingerprint density at radius 3 is 2.44 bits per heavy atom. The molecule has 0 aliphatic carbocycles. The zero-order chi connectivity index (χ0) is 23.3. The van der Waals surface area contributed by atoms with Crippen LogP contribution in [0.4, 0.5) is 11.5 Å². The van der Waals surface area contributed by atoms with Gasteiger partial charge in [-0.1, -0.05) is 18.2 Å². The van der Waals surface area contributed by atoms with Crippen LogP contribution in [0.1, 0.15) is 19.3 Å². The molecule has 0 unspecified atom stereocenters. The van der Waals surface area contributed by atoms with Crippen LogP contribution in [0.2, 0.25) is 0 Å². The van der Waals surface area contributed by atoms with Crippen LogP contribution in [0, 0.1) is 5.92 Å². The van der Waals surface area contributed by atoms with Crippen molar-refractivity contribution >= 4 is 29.0 Å². The fourth-order valence-electron chi connectivity index (χ4n) is 4.71. The number of fused-ring (bicyclic) bond motifs is 1. The van der Waals surface area contributed by atoms with Gasteiger partial charge in [0.05, 0.1) is 0 Å². The van der Waals surface area contributed by atoms with E-state index in [0.717, 1.165) is 57.9 Å². The third-order valence-electron chi connectivity index (χ3n) is 6.73. The molecule has 2 aliphatic heterocycles. The lowest BCUT2D eigenvalue weighted by Crippen LogP contribution is -2.49. The number of benzene rings is 1. The first-order chi connectivity index (χ1) is 16.7. The molecular formula is C24H30N8O2. The van der Waals surface area contributed by atoms with Crippen LogP contribution < -0.4 is 15.1 Å². The number of rotatable bonds is 6. The molecule has 2 amide bonds. The molecule has 0 spiro atoms. The third kappa shape index (κ3) is 4.95. The molecule has 2 saturated heterocycles. The Kier molecular flexibility index (Phi) is 6.55. The summed E-state index contributed by atoms with van der Waals surface area (Å²) >= 11 is 0. The zero-order valence-corrected chi connectivity index (χ0v) is 19.2. The second-order valence-corrected chi connectivity index (χ2v) is 8.83. The van der Waals surface area contributed by atoms with Crippen LogP contribution >= 0.6 is 0 Å². The molecule has 2 aliphatic rings. The van der Waals surface area contributed by atoms with Gasteiger partial charge in [-0.2, -0.15) is 4.52 Å². The van der Waals surface area contributed by atoms with Crippen molar-refractivity contribution in [2.24, 2.45) is 5.92 Å². The predicted octanol–water partition coefficient (Wildman–Crippen LogP) is 1.20. The molecule has 1 N–H and O–H groups in total. The average molecular weight is 463 g/mol. The molecule has 2 fully saturated rings. The number of carbonyl (C=O) groups excluding carboxylic acids is 2. The number of para-hydroxylation sites is 1. The summed E-state index contributed by atoms with van der Waals surface area (Å²) < 4.78 is 1.66. The van der Waals surface area contributed by atoms with Crippen LogP contribution in [0.25, 0.3) is 5.65 Å². The van der Waals surface area contributed by atoms with Gasteiger partial charge in [0, 0.05) is 63.8 Å². The number of amides is 2. The largest absolute Gasteiger partial charge is 0.368 e. The Hall–Kier alpha value is -3.69. The van der Waals surface area contributed by atoms with E-state index in [4.69, 9.17) is 0 Å². The van der Waals surface area contributed by atoms with E-state index in [2.05, 4.69) is 42.5 Å². The quantitative estimate of drug-likeness (QED) is 0.588. The van der Waals surface area contributed by atoms with E-state index in [-0.39, 0.29) is 17.7 Å². The molecule has 0 saturated carbocycles. The van der Waals surface area contributed by atoms with Crippen molar-refractivity contribution in [3.63, 3.8) is 0 Å². The van der Waals surface area contributed by atoms with Crippen molar-refractivity contribution in [1.29, 1.82) is 0 Å². The maximum atomic E-state index is 12.6. The Labute approximate surface area is 198 Å². The van der Waals surface area contributed by atoms with Crippen molar-refractivity contribution in [3.8, 4) is 0 Å². The molecule has 34 heavy (non-hydrogen) atoms. The maximum Gasteiger partial charge on any atom is 0.224 e. The van der Waals surface area contributed by atoms with E-state index in [9.17, 15) is 9.59 Å². The van der Waals surface area contributed by atoms with Crippen molar-refractivity contribution in [3.05, 3.63) is 48.8 Å². The van der Waals surface area contributed by atoms with Gasteiger partial charge in [0.25, 0.3) is 0 Å². The lowest BCUT2D eigenvalue weighted by molar-refractivity contribution is -0.131. The molecular weight excluding hydrogens is 432 g/mol. The number of anilines is 2. The standard InChI is InChI=1S/C24H30N8O2/c33-23(31-16-14-29(15-17-31)20-4-2-1-3-5-20)8-11-25-24(34)19-9-12-30(13-10-19)22-7-6-21-27-26-18-32(21)28-22/h1-7,18-19H,8-17H2,(H,25,34). The number of piperazine rings is 1. The highest BCUT2D eigenvalue weighted by atomic mass is 16.2. The molecule has 10 heteroatoms. The highest BCUT2D eigenvalue weighted by molar-refractivity contribution is 5.81. The van der Waals surface area contributed by atoms with E-state index < -0.39 is 0 Å². The smallest absolute Gasteiger partial charge is 0.224 e. The zero-order valence-electron chi connectivity index (χ0n) is 19.2. The molecule has 10 nitrogen and oxygen atoms in total. The first-order valence-corrected chi connectivity index (χ1v) is 11.9. The minimum Gasteiger partial charge on any atom is -0.368 e. The van der Waals surface area contributed by atoms with Crippen LogP contribution in [-0.2, 0) is 9.59 Å². The fraction of sp³-hybridized carbons (Fsp3) is 0.458. The molecule has 3 aromatic rings. The molecule has 4 heterocycles. The summed E-state index contributed by atoms with van der Waals surface area (Å²) in [4.78, 5) is 31.6. The molecule has 2 aromatic heterocycles. The number of carbonyl (C=O) groups is 2. The van der Waals surface area contributed by atoms with E-state index in [0.29, 0.717) is 18.6 Å². The minimum absolute atomic E-state index is 0.0283. The van der Waals surface area contributed by atoms with Gasteiger partial charge >= 0.3 is 0 Å². The average Bonchev–Trinajstić information content (AvgIpc) is 3.37. The van der Waals surface area contributed by atoms with Gasteiger partial charge in [-0.25, -0.2) is 0 Å². The number of piperidine rings is 1. The SMILES string of the molecule is O=C(NCCC(=O)N1CCN(c2ccccc2)CC1)C1CCN(c2ccc3nncn3n2)CC1. The monoisotopic (exact) mass is 462 g/mol. The summed E-state index contributed by atoms with van der Waals surface area (Å²) in [7, 11) is 0. The van der Waals surface area contributed by atoms with E-state index in [1.54, 1.807) is 10.8 Å². The molecule has 5 rings (SSSR count). The topological polar surface area (TPSA) is 99.0 Å². The maximum absolute atomic E-state index is 12.6. The minimum atomic E-state index is -0.0283. The lowest BCUT2D eigenvalue weighted by Gasteiger charge is -2.36. The van der Waals surface area contributed by atoms with Crippen molar-refractivity contribution < 1.29 is 9.59 Å². The normalized spacial score (nSPS) is 17.2. The van der Waals surface area contributed by atoms with Crippen molar-refractivity contribution in [2.45, 2.75) is 19.3 Å². The molecule has 0 atom stereocenters. The fourth-order valence-corrected chi connectivity index (χ4v) is 4.71. The van der Waals surface area contributed by atoms with E-state index in [1.165, 1.54) is 5.69 Å². The summed E-state index contributed by atoms with van der Waals surface area (Å²) in [6.07, 6.45) is 3.47. The summed E-state index contributed by atoms with van der Waals surface area (Å²) in [5.74, 6) is 0.991. The highest BCUT2D eigenvalue weighted by Crippen LogP contribution is 2.22. The Balaban J connectivity index is 1.02. The van der Waals surface area contributed by atoms with Crippen LogP contribution in [-0.4, -0.2) is 82.3 Å². The molecule has 178 valence electrons. The second-order valence-electron chi connectivity index (χ2n) is 8.83. The highest BCUT2D eigenvalue weighted by Gasteiger charge is 2.26. The van der Waals surface area contributed by atoms with Crippen LogP contribution in [0.15, 0.2) is 48.8 Å². The number of hydrogen-bond acceptors (Lipinski definition) is 7. The van der Waals surface area contributed by atoms with E-state index >= 15 is 0 Å². The van der Waals surface area contributed by atoms with Gasteiger partial charge in [0.15, 0.2) is 5.65 Å². The van der Waals surface area contributed by atoms with Crippen molar-refractivity contribution in [1.82, 2.24) is 30.0 Å². The number of hydrogen-bond donors (Lipinski definition) is 1. The van der Waals surface area contributed by atoms with Crippen LogP contribution in [0.3, 0.4) is 0 Å². The first-order valence-electron chi connectivity index (χ1n) is 11.9. The number of nitrogens with one attached hydrogen (secondary N) is 1. The number of nitrogens with zero attached hydrogens (tertiary/aromatic N) is 7. The molecule has 0 radical (unpaired) electrons. The summed E-state index contributed by atoms with van der Waals surface area (Å²) in [6, 6.07) is 14.1. The van der Waals surface area contributed by atoms with Gasteiger partial charge in [-0.3, -0.25) is 9.59 Å². The summed E-state index contributed by atoms with van der Waals surface area (Å²) in [5.41, 5.74) is 1.91. The van der Waals surface area contributed by atoms with Gasteiger partial charge in [0.2, 0.25) is 11.8 Å². The summed E-state index contributed by atoms with van der Waals surface area (Å²) in [6.45, 7) is 5.03. The first kappa shape index (κ1) is 22.1. The van der Waals surface area contributed by atoms with Gasteiger partial charge in [0.1, 0.15) is 12.1 Å². The van der Waals surface area contributed by atoms with Crippen LogP contribution in [0.5, 0.6) is 0 Å². The van der Waals surface area contributed by atoms with Crippen molar-refractivity contribution in [2.75, 3.05) is 55.6 Å². The molecule has 0 bridgehead atoms. The lowest BCUT2D eigenvalue weighted by atomic mass is 9.96. The predicted molar refractivity (Wildman–Crippen MR) is 129 cm³/mol. The molecule has 1 aromatic carbocycles. The second kappa shape index (κ2) is 10.1. The number of aromatic nitrogens is 4. The third-order valence-corrected chi connectivity index (χ3v) is 6.73. The van der Waals surface area contributed by atoms with Gasteiger partial charge in [-0.15, -0.1) is 15.3 Å². The van der Waals surface area contributed by atoms with E-state index in [1.807, 2.05) is 35.2 Å². The van der Waals surface area contributed by atoms with Gasteiger partial charge < -0.3 is 20.0 Å². The van der Waals surface area contributed by atoms with Gasteiger partial charge in [-0.05, 0) is 37.1 Å². The summed E-state index contributed by atoms with van der Waals surface area (Å²) in [5, 5.41) is 15.4. The Bertz CT molecular complexity index is 1120.